The van der Waals surface area contributed by atoms with Gasteiger partial charge in [0.1, 0.15) is 0 Å². The number of carbonyl (C=O) groups excluding carboxylic acids is 1. The van der Waals surface area contributed by atoms with Crippen LogP contribution >= 0.6 is 0 Å². The van der Waals surface area contributed by atoms with Crippen molar-refractivity contribution in [3.8, 4) is 0 Å². The van der Waals surface area contributed by atoms with Crippen LogP contribution < -0.4 is 5.73 Å². The van der Waals surface area contributed by atoms with Gasteiger partial charge in [-0.2, -0.15) is 0 Å². The van der Waals surface area contributed by atoms with Crippen molar-refractivity contribution in [1.29, 1.82) is 0 Å². The Morgan fingerprint density at radius 1 is 1.38 bits per heavy atom. The van der Waals surface area contributed by atoms with Crippen LogP contribution in [0.1, 0.15) is 27.9 Å². The van der Waals surface area contributed by atoms with E-state index in [-0.39, 0.29) is 12.2 Å². The highest BCUT2D eigenvalue weighted by Crippen LogP contribution is 2.13. The molecular formula is C12H15NO3. The lowest BCUT2D eigenvalue weighted by Crippen LogP contribution is -2.33. The highest BCUT2D eigenvalue weighted by molar-refractivity contribution is 6.02. The smallest absolute Gasteiger partial charge is 0.305 e. The topological polar surface area (TPSA) is 80.4 Å². The van der Waals surface area contributed by atoms with Crippen LogP contribution in [0.25, 0.3) is 0 Å². The minimum Gasteiger partial charge on any atom is -0.481 e. The summed E-state index contributed by atoms with van der Waals surface area (Å²) in [5, 5.41) is 8.56. The van der Waals surface area contributed by atoms with Crippen LogP contribution in [0.3, 0.4) is 0 Å². The first kappa shape index (κ1) is 12.4. The molecule has 1 aromatic rings. The molecule has 16 heavy (non-hydrogen) atoms. The molecule has 0 bridgehead atoms. The van der Waals surface area contributed by atoms with Crippen molar-refractivity contribution in [3.63, 3.8) is 0 Å². The van der Waals surface area contributed by atoms with E-state index in [1.165, 1.54) is 0 Å². The van der Waals surface area contributed by atoms with Crippen LogP contribution in [0, 0.1) is 13.8 Å². The van der Waals surface area contributed by atoms with Gasteiger partial charge in [-0.3, -0.25) is 9.59 Å². The summed E-state index contributed by atoms with van der Waals surface area (Å²) in [7, 11) is 0. The largest absolute Gasteiger partial charge is 0.481 e. The van der Waals surface area contributed by atoms with Crippen molar-refractivity contribution < 1.29 is 14.7 Å². The molecule has 4 heteroatoms. The van der Waals surface area contributed by atoms with Gasteiger partial charge in [0.05, 0.1) is 12.5 Å². The summed E-state index contributed by atoms with van der Waals surface area (Å²) >= 11 is 0. The maximum Gasteiger partial charge on any atom is 0.305 e. The number of hydrogen-bond donors (Lipinski definition) is 2. The molecule has 0 saturated heterocycles. The van der Waals surface area contributed by atoms with Crippen molar-refractivity contribution in [2.24, 2.45) is 5.73 Å². The van der Waals surface area contributed by atoms with E-state index < -0.39 is 12.0 Å². The predicted octanol–water partition coefficient (Wildman–Crippen LogP) is 1.29. The summed E-state index contributed by atoms with van der Waals surface area (Å²) in [6.07, 6.45) is -0.341. The fourth-order valence-electron chi connectivity index (χ4n) is 1.57. The van der Waals surface area contributed by atoms with Crippen molar-refractivity contribution in [2.45, 2.75) is 26.3 Å². The molecule has 86 valence electrons. The fourth-order valence-corrected chi connectivity index (χ4v) is 1.57. The first-order valence-corrected chi connectivity index (χ1v) is 5.00. The molecule has 1 atom stereocenters. The zero-order chi connectivity index (χ0) is 12.3. The van der Waals surface area contributed by atoms with Gasteiger partial charge in [-0.15, -0.1) is 0 Å². The van der Waals surface area contributed by atoms with E-state index in [9.17, 15) is 9.59 Å². The molecule has 0 aliphatic rings. The number of ketones is 1. The Bertz CT molecular complexity index is 426. The Labute approximate surface area is 94.1 Å². The minimum atomic E-state index is -1.06. The molecule has 0 amide bonds. The lowest BCUT2D eigenvalue weighted by molar-refractivity contribution is -0.137. The Morgan fingerprint density at radius 3 is 2.50 bits per heavy atom. The van der Waals surface area contributed by atoms with Crippen LogP contribution in [0.5, 0.6) is 0 Å². The van der Waals surface area contributed by atoms with Gasteiger partial charge >= 0.3 is 5.97 Å². The Balaban J connectivity index is 2.92. The lowest BCUT2D eigenvalue weighted by Gasteiger charge is -2.10. The average Bonchev–Trinajstić information content (AvgIpc) is 2.15. The third kappa shape index (κ3) is 2.90. The zero-order valence-electron chi connectivity index (χ0n) is 9.36. The number of carboxylic acids is 1. The molecule has 0 saturated carbocycles. The molecule has 0 aromatic heterocycles. The van der Waals surface area contributed by atoms with Gasteiger partial charge in [0.2, 0.25) is 0 Å². The zero-order valence-corrected chi connectivity index (χ0v) is 9.36. The van der Waals surface area contributed by atoms with E-state index in [2.05, 4.69) is 0 Å². The Kier molecular flexibility index (Phi) is 3.79. The molecule has 4 nitrogen and oxygen atoms in total. The summed E-state index contributed by atoms with van der Waals surface area (Å²) in [6.45, 7) is 3.74. The number of hydrogen-bond acceptors (Lipinski definition) is 3. The van der Waals surface area contributed by atoms with Crippen LogP contribution in [0.15, 0.2) is 18.2 Å². The average molecular weight is 221 g/mol. The molecule has 0 aliphatic carbocycles. The number of rotatable bonds is 4. The van der Waals surface area contributed by atoms with Gasteiger partial charge in [0.25, 0.3) is 0 Å². The standard InChI is InChI=1S/C12H15NO3/c1-7-3-4-9(8(2)5-7)12(16)10(13)6-11(14)15/h3-5,10H,6,13H2,1-2H3,(H,14,15). The quantitative estimate of drug-likeness (QED) is 0.751. The maximum absolute atomic E-state index is 11.8. The number of aryl methyl sites for hydroxylation is 2. The van der Waals surface area contributed by atoms with Gasteiger partial charge < -0.3 is 10.8 Å². The van der Waals surface area contributed by atoms with Crippen molar-refractivity contribution >= 4 is 11.8 Å². The van der Waals surface area contributed by atoms with E-state index in [1.807, 2.05) is 26.0 Å². The Morgan fingerprint density at radius 2 is 2.00 bits per heavy atom. The molecule has 3 N–H and O–H groups in total. The van der Waals surface area contributed by atoms with Gasteiger partial charge in [-0.25, -0.2) is 0 Å². The first-order valence-electron chi connectivity index (χ1n) is 5.00. The molecular weight excluding hydrogens is 206 g/mol. The highest BCUT2D eigenvalue weighted by Gasteiger charge is 2.19. The second kappa shape index (κ2) is 4.90. The minimum absolute atomic E-state index is 0.320. The van der Waals surface area contributed by atoms with Gasteiger partial charge in [0.15, 0.2) is 5.78 Å². The molecule has 1 aromatic carbocycles. The SMILES string of the molecule is Cc1ccc(C(=O)C(N)CC(=O)O)c(C)c1. The summed E-state index contributed by atoms with van der Waals surface area (Å²) in [6, 6.07) is 4.40. The van der Waals surface area contributed by atoms with Gasteiger partial charge in [-0.1, -0.05) is 23.8 Å². The van der Waals surface area contributed by atoms with E-state index in [0.717, 1.165) is 11.1 Å². The molecule has 1 unspecified atom stereocenters. The molecule has 1 rings (SSSR count). The number of benzene rings is 1. The van der Waals surface area contributed by atoms with E-state index >= 15 is 0 Å². The van der Waals surface area contributed by atoms with Crippen LogP contribution in [-0.4, -0.2) is 22.9 Å². The van der Waals surface area contributed by atoms with E-state index in [4.69, 9.17) is 10.8 Å². The van der Waals surface area contributed by atoms with Crippen molar-refractivity contribution in [2.75, 3.05) is 0 Å². The summed E-state index contributed by atoms with van der Waals surface area (Å²) in [5.74, 6) is -1.38. The maximum atomic E-state index is 11.8. The van der Waals surface area contributed by atoms with Crippen LogP contribution in [0.2, 0.25) is 0 Å². The van der Waals surface area contributed by atoms with E-state index in [1.54, 1.807) is 6.07 Å². The number of carbonyl (C=O) groups is 2. The highest BCUT2D eigenvalue weighted by atomic mass is 16.4. The molecule has 0 fully saturated rings. The summed E-state index contributed by atoms with van der Waals surface area (Å²) in [4.78, 5) is 22.3. The van der Waals surface area contributed by atoms with Crippen LogP contribution in [0.4, 0.5) is 0 Å². The fraction of sp³-hybridized carbons (Fsp3) is 0.333. The second-order valence-electron chi connectivity index (χ2n) is 3.89. The first-order chi connectivity index (χ1) is 7.41. The van der Waals surface area contributed by atoms with Crippen LogP contribution in [-0.2, 0) is 4.79 Å². The number of Topliss-reactive ketones (excluding diaryl/α,β-unsaturated/α-hetero) is 1. The molecule has 0 radical (unpaired) electrons. The van der Waals surface area contributed by atoms with Crippen molar-refractivity contribution in [1.82, 2.24) is 0 Å². The number of carboxylic acid groups (broad SMARTS) is 1. The summed E-state index contributed by atoms with van der Waals surface area (Å²) < 4.78 is 0. The molecule has 0 aliphatic heterocycles. The van der Waals surface area contributed by atoms with E-state index in [0.29, 0.717) is 5.56 Å². The normalized spacial score (nSPS) is 12.2. The molecule has 0 heterocycles. The third-order valence-electron chi connectivity index (χ3n) is 2.38. The van der Waals surface area contributed by atoms with Crippen molar-refractivity contribution in [3.05, 3.63) is 34.9 Å². The summed E-state index contributed by atoms with van der Waals surface area (Å²) in [5.41, 5.74) is 7.91. The molecule has 0 spiro atoms. The Hall–Kier alpha value is -1.68. The lowest BCUT2D eigenvalue weighted by atomic mass is 9.97. The number of nitrogens with two attached hydrogens (primary N) is 1. The number of aliphatic carboxylic acids is 1. The predicted molar refractivity (Wildman–Crippen MR) is 60.5 cm³/mol. The van der Waals surface area contributed by atoms with Gasteiger partial charge in [-0.05, 0) is 19.4 Å². The van der Waals surface area contributed by atoms with Gasteiger partial charge in [0, 0.05) is 5.56 Å². The third-order valence-corrected chi connectivity index (χ3v) is 2.38. The monoisotopic (exact) mass is 221 g/mol. The second-order valence-corrected chi connectivity index (χ2v) is 3.89.